The van der Waals surface area contributed by atoms with E-state index in [0.717, 1.165) is 0 Å². The van der Waals surface area contributed by atoms with Gasteiger partial charge >= 0.3 is 0 Å². The Bertz CT molecular complexity index is 364. The Labute approximate surface area is 98.7 Å². The second kappa shape index (κ2) is 5.16. The molecule has 0 spiro atoms. The number of hydrogen-bond acceptors (Lipinski definition) is 0. The molecule has 1 saturated carbocycles. The van der Waals surface area contributed by atoms with E-state index in [1.807, 2.05) is 6.08 Å². The first-order valence-electron chi connectivity index (χ1n) is 6.23. The van der Waals surface area contributed by atoms with E-state index < -0.39 is 0 Å². The molecule has 0 aromatic heterocycles. The molecule has 0 aliphatic heterocycles. The molecule has 0 heterocycles. The zero-order chi connectivity index (χ0) is 11.4. The van der Waals surface area contributed by atoms with Crippen LogP contribution in [0.5, 0.6) is 0 Å². The van der Waals surface area contributed by atoms with Crippen LogP contribution in [0.4, 0.5) is 0 Å². The van der Waals surface area contributed by atoms with Gasteiger partial charge in [-0.05, 0) is 35.5 Å². The number of rotatable bonds is 3. The van der Waals surface area contributed by atoms with Crippen LogP contribution in [-0.2, 0) is 0 Å². The van der Waals surface area contributed by atoms with Gasteiger partial charge in [-0.1, -0.05) is 62.8 Å². The fraction of sp³-hybridized carbons (Fsp3) is 0.375. The molecule has 2 rings (SSSR count). The average Bonchev–Trinajstić information content (AvgIpc) is 2.39. The first-order chi connectivity index (χ1) is 7.81. The van der Waals surface area contributed by atoms with E-state index in [0.29, 0.717) is 5.92 Å². The molecule has 16 heavy (non-hydrogen) atoms. The Hall–Kier alpha value is -1.30. The summed E-state index contributed by atoms with van der Waals surface area (Å²) in [5, 5.41) is 0. The third kappa shape index (κ3) is 2.44. The topological polar surface area (TPSA) is 0 Å². The molecule has 0 atom stereocenters. The van der Waals surface area contributed by atoms with Gasteiger partial charge in [-0.15, -0.1) is 0 Å². The van der Waals surface area contributed by atoms with Gasteiger partial charge in [0.25, 0.3) is 0 Å². The average molecular weight is 212 g/mol. The van der Waals surface area contributed by atoms with Crippen LogP contribution in [0.2, 0.25) is 0 Å². The Kier molecular flexibility index (Phi) is 3.61. The molecule has 0 saturated heterocycles. The van der Waals surface area contributed by atoms with Crippen LogP contribution in [0.25, 0.3) is 11.6 Å². The van der Waals surface area contributed by atoms with Crippen LogP contribution in [0.3, 0.4) is 0 Å². The molecule has 1 aromatic carbocycles. The molecule has 0 nitrogen and oxygen atoms in total. The number of hydrogen-bond donors (Lipinski definition) is 0. The molecule has 0 radical (unpaired) electrons. The van der Waals surface area contributed by atoms with Gasteiger partial charge in [0.05, 0.1) is 0 Å². The molecule has 0 heteroatoms. The zero-order valence-corrected chi connectivity index (χ0v) is 9.91. The SMILES string of the molecule is C=Cc1ccc(C(=C)C2CCCCC2)cc1. The minimum atomic E-state index is 0.711. The van der Waals surface area contributed by atoms with E-state index in [1.54, 1.807) is 0 Å². The lowest BCUT2D eigenvalue weighted by atomic mass is 9.82. The highest BCUT2D eigenvalue weighted by Crippen LogP contribution is 2.34. The predicted octanol–water partition coefficient (Wildman–Crippen LogP) is 4.92. The van der Waals surface area contributed by atoms with E-state index in [4.69, 9.17) is 0 Å². The highest BCUT2D eigenvalue weighted by molar-refractivity contribution is 5.66. The van der Waals surface area contributed by atoms with Gasteiger partial charge in [0, 0.05) is 0 Å². The fourth-order valence-corrected chi connectivity index (χ4v) is 2.52. The maximum absolute atomic E-state index is 4.28. The van der Waals surface area contributed by atoms with Crippen molar-refractivity contribution >= 4 is 11.6 Å². The summed E-state index contributed by atoms with van der Waals surface area (Å²) in [5.74, 6) is 0.711. The number of benzene rings is 1. The van der Waals surface area contributed by atoms with Crippen molar-refractivity contribution in [1.82, 2.24) is 0 Å². The minimum Gasteiger partial charge on any atom is -0.0985 e. The summed E-state index contributed by atoms with van der Waals surface area (Å²) in [7, 11) is 0. The van der Waals surface area contributed by atoms with Crippen LogP contribution in [-0.4, -0.2) is 0 Å². The van der Waals surface area contributed by atoms with Gasteiger partial charge in [0.1, 0.15) is 0 Å². The first kappa shape index (κ1) is 11.2. The quantitative estimate of drug-likeness (QED) is 0.667. The summed E-state index contributed by atoms with van der Waals surface area (Å²) in [6.45, 7) is 8.05. The lowest BCUT2D eigenvalue weighted by Gasteiger charge is -2.24. The van der Waals surface area contributed by atoms with Crippen LogP contribution in [0.15, 0.2) is 37.4 Å². The normalized spacial score (nSPS) is 17.0. The maximum atomic E-state index is 4.28. The first-order valence-corrected chi connectivity index (χ1v) is 6.23. The lowest BCUT2D eigenvalue weighted by Crippen LogP contribution is -2.07. The van der Waals surface area contributed by atoms with Gasteiger partial charge in [-0.25, -0.2) is 0 Å². The van der Waals surface area contributed by atoms with Crippen LogP contribution >= 0.6 is 0 Å². The van der Waals surface area contributed by atoms with E-state index in [1.165, 1.54) is 48.8 Å². The van der Waals surface area contributed by atoms with Gasteiger partial charge in [-0.2, -0.15) is 0 Å². The van der Waals surface area contributed by atoms with Crippen molar-refractivity contribution in [3.8, 4) is 0 Å². The predicted molar refractivity (Wildman–Crippen MR) is 72.1 cm³/mol. The Morgan fingerprint density at radius 3 is 2.25 bits per heavy atom. The standard InChI is InChI=1S/C16H20/c1-3-14-9-11-16(12-10-14)13(2)15-7-5-4-6-8-15/h3,9-12,15H,1-2,4-8H2. The van der Waals surface area contributed by atoms with Gasteiger partial charge in [0.15, 0.2) is 0 Å². The van der Waals surface area contributed by atoms with Gasteiger partial charge in [-0.3, -0.25) is 0 Å². The van der Waals surface area contributed by atoms with E-state index in [2.05, 4.69) is 37.4 Å². The monoisotopic (exact) mass is 212 g/mol. The van der Waals surface area contributed by atoms with Crippen molar-refractivity contribution in [3.05, 3.63) is 48.6 Å². The Balaban J connectivity index is 2.10. The highest BCUT2D eigenvalue weighted by atomic mass is 14.2. The summed E-state index contributed by atoms with van der Waals surface area (Å²) in [6.07, 6.45) is 8.67. The molecule has 1 aliphatic rings. The molecule has 0 unspecified atom stereocenters. The van der Waals surface area contributed by atoms with Crippen LogP contribution < -0.4 is 0 Å². The molecule has 84 valence electrons. The summed E-state index contributed by atoms with van der Waals surface area (Å²) >= 11 is 0. The molecular formula is C16H20. The van der Waals surface area contributed by atoms with E-state index >= 15 is 0 Å². The van der Waals surface area contributed by atoms with Crippen LogP contribution in [0.1, 0.15) is 43.2 Å². The molecule has 1 fully saturated rings. The summed E-state index contributed by atoms with van der Waals surface area (Å²) < 4.78 is 0. The molecule has 0 N–H and O–H groups in total. The fourth-order valence-electron chi connectivity index (χ4n) is 2.52. The lowest BCUT2D eigenvalue weighted by molar-refractivity contribution is 0.430. The largest absolute Gasteiger partial charge is 0.0985 e. The Morgan fingerprint density at radius 1 is 1.06 bits per heavy atom. The second-order valence-electron chi connectivity index (χ2n) is 4.69. The maximum Gasteiger partial charge on any atom is -0.0162 e. The van der Waals surface area contributed by atoms with Crippen LogP contribution in [0, 0.1) is 5.92 Å². The molecule has 0 bridgehead atoms. The number of allylic oxidation sites excluding steroid dienone is 1. The van der Waals surface area contributed by atoms with Gasteiger partial charge in [0.2, 0.25) is 0 Å². The van der Waals surface area contributed by atoms with Crippen molar-refractivity contribution in [1.29, 1.82) is 0 Å². The minimum absolute atomic E-state index is 0.711. The molecule has 1 aliphatic carbocycles. The van der Waals surface area contributed by atoms with Crippen molar-refractivity contribution in [2.24, 2.45) is 5.92 Å². The van der Waals surface area contributed by atoms with E-state index in [-0.39, 0.29) is 0 Å². The highest BCUT2D eigenvalue weighted by Gasteiger charge is 2.17. The summed E-state index contributed by atoms with van der Waals surface area (Å²) in [6, 6.07) is 8.59. The third-order valence-electron chi connectivity index (χ3n) is 3.62. The van der Waals surface area contributed by atoms with Gasteiger partial charge < -0.3 is 0 Å². The summed E-state index contributed by atoms with van der Waals surface area (Å²) in [5.41, 5.74) is 3.81. The van der Waals surface area contributed by atoms with Crippen molar-refractivity contribution in [2.75, 3.05) is 0 Å². The molecular weight excluding hydrogens is 192 g/mol. The molecule has 1 aromatic rings. The van der Waals surface area contributed by atoms with Crippen molar-refractivity contribution in [3.63, 3.8) is 0 Å². The van der Waals surface area contributed by atoms with E-state index in [9.17, 15) is 0 Å². The van der Waals surface area contributed by atoms with Crippen molar-refractivity contribution < 1.29 is 0 Å². The summed E-state index contributed by atoms with van der Waals surface area (Å²) in [4.78, 5) is 0. The Morgan fingerprint density at radius 2 is 1.69 bits per heavy atom. The third-order valence-corrected chi connectivity index (χ3v) is 3.62. The molecule has 0 amide bonds. The van der Waals surface area contributed by atoms with Crippen molar-refractivity contribution in [2.45, 2.75) is 32.1 Å². The smallest absolute Gasteiger partial charge is 0.0162 e. The second-order valence-corrected chi connectivity index (χ2v) is 4.69. The zero-order valence-electron chi connectivity index (χ0n) is 9.91.